The largest absolute Gasteiger partial charge is 0.464 e. The quantitative estimate of drug-likeness (QED) is 0.603. The minimum Gasteiger partial charge on any atom is -0.464 e. The molecule has 0 unspecified atom stereocenters. The van der Waals surface area contributed by atoms with E-state index in [1.54, 1.807) is 14.0 Å². The summed E-state index contributed by atoms with van der Waals surface area (Å²) in [6.45, 7) is 2.10. The summed E-state index contributed by atoms with van der Waals surface area (Å²) in [5.41, 5.74) is 1.01. The third-order valence-electron chi connectivity index (χ3n) is 3.41. The van der Waals surface area contributed by atoms with Crippen molar-refractivity contribution in [2.24, 2.45) is 0 Å². The van der Waals surface area contributed by atoms with Crippen molar-refractivity contribution in [3.05, 3.63) is 33.4 Å². The summed E-state index contributed by atoms with van der Waals surface area (Å²) in [4.78, 5) is 25.4. The van der Waals surface area contributed by atoms with Crippen molar-refractivity contribution in [1.29, 1.82) is 0 Å². The maximum absolute atomic E-state index is 12.0. The molecule has 2 atom stereocenters. The summed E-state index contributed by atoms with van der Waals surface area (Å²) in [7, 11) is 1.66. The lowest BCUT2D eigenvalue weighted by Crippen LogP contribution is -2.39. The monoisotopic (exact) mass is 373 g/mol. The van der Waals surface area contributed by atoms with Crippen molar-refractivity contribution in [3.63, 3.8) is 0 Å². The first kappa shape index (κ1) is 14.3. The zero-order valence-corrected chi connectivity index (χ0v) is 13.1. The van der Waals surface area contributed by atoms with Gasteiger partial charge in [0.2, 0.25) is 5.91 Å². The van der Waals surface area contributed by atoms with E-state index in [-0.39, 0.29) is 17.8 Å². The van der Waals surface area contributed by atoms with Gasteiger partial charge in [-0.15, -0.1) is 0 Å². The zero-order valence-electron chi connectivity index (χ0n) is 10.9. The lowest BCUT2D eigenvalue weighted by Gasteiger charge is -2.23. The van der Waals surface area contributed by atoms with Gasteiger partial charge in [-0.1, -0.05) is 12.1 Å². The highest BCUT2D eigenvalue weighted by Gasteiger charge is 2.43. The fourth-order valence-corrected chi connectivity index (χ4v) is 2.79. The highest BCUT2D eigenvalue weighted by atomic mass is 127. The van der Waals surface area contributed by atoms with E-state index in [0.717, 1.165) is 9.13 Å². The molecule has 1 aliphatic rings. The highest BCUT2D eigenvalue weighted by molar-refractivity contribution is 14.1. The Kier molecular flexibility index (Phi) is 4.44. The van der Waals surface area contributed by atoms with Crippen LogP contribution in [0.1, 0.15) is 24.8 Å². The van der Waals surface area contributed by atoms with E-state index in [9.17, 15) is 9.59 Å². The molecule has 1 aliphatic heterocycles. The number of halogens is 1. The summed E-state index contributed by atoms with van der Waals surface area (Å²) in [6, 6.07) is 7.42. The number of benzene rings is 1. The molecule has 0 aliphatic carbocycles. The van der Waals surface area contributed by atoms with Gasteiger partial charge in [0.05, 0.1) is 6.61 Å². The van der Waals surface area contributed by atoms with Crippen molar-refractivity contribution in [1.82, 2.24) is 4.90 Å². The second-order valence-electron chi connectivity index (χ2n) is 4.56. The molecule has 4 nitrogen and oxygen atoms in total. The predicted molar refractivity (Wildman–Crippen MR) is 79.7 cm³/mol. The Hall–Kier alpha value is -1.11. The molecule has 2 rings (SSSR count). The van der Waals surface area contributed by atoms with Gasteiger partial charge in [0.15, 0.2) is 0 Å². The Morgan fingerprint density at radius 1 is 1.42 bits per heavy atom. The van der Waals surface area contributed by atoms with Crippen LogP contribution in [0.25, 0.3) is 0 Å². The van der Waals surface area contributed by atoms with Gasteiger partial charge in [-0.25, -0.2) is 4.79 Å². The van der Waals surface area contributed by atoms with Gasteiger partial charge in [0.25, 0.3) is 0 Å². The maximum Gasteiger partial charge on any atom is 0.329 e. The van der Waals surface area contributed by atoms with Crippen molar-refractivity contribution in [2.75, 3.05) is 13.7 Å². The molecule has 19 heavy (non-hydrogen) atoms. The SMILES string of the molecule is CCOC(=O)[C@H]1[C@@H](c2ccc(I)cc2)CC(=O)N1C. The van der Waals surface area contributed by atoms with Crippen LogP contribution in [-0.2, 0) is 14.3 Å². The maximum atomic E-state index is 12.0. The molecule has 0 bridgehead atoms. The van der Waals surface area contributed by atoms with Crippen LogP contribution in [0.15, 0.2) is 24.3 Å². The second kappa shape index (κ2) is 5.90. The van der Waals surface area contributed by atoms with Gasteiger partial charge >= 0.3 is 5.97 Å². The minimum absolute atomic E-state index is 0.0124. The highest BCUT2D eigenvalue weighted by Crippen LogP contribution is 2.34. The smallest absolute Gasteiger partial charge is 0.329 e. The van der Waals surface area contributed by atoms with Gasteiger partial charge in [-0.2, -0.15) is 0 Å². The molecule has 5 heteroatoms. The summed E-state index contributed by atoms with van der Waals surface area (Å²) in [6.07, 6.45) is 0.362. The van der Waals surface area contributed by atoms with Crippen molar-refractivity contribution in [2.45, 2.75) is 25.3 Å². The van der Waals surface area contributed by atoms with Crippen LogP contribution in [0, 0.1) is 3.57 Å². The fourth-order valence-electron chi connectivity index (χ4n) is 2.43. The van der Waals surface area contributed by atoms with Gasteiger partial charge in [0.1, 0.15) is 6.04 Å². The van der Waals surface area contributed by atoms with Crippen molar-refractivity contribution >= 4 is 34.5 Å². The van der Waals surface area contributed by atoms with Crippen LogP contribution in [-0.4, -0.2) is 36.5 Å². The van der Waals surface area contributed by atoms with E-state index in [0.29, 0.717) is 13.0 Å². The predicted octanol–water partition coefficient (Wildman–Crippen LogP) is 2.17. The van der Waals surface area contributed by atoms with E-state index in [1.165, 1.54) is 4.90 Å². The number of hydrogen-bond acceptors (Lipinski definition) is 3. The third-order valence-corrected chi connectivity index (χ3v) is 4.13. The van der Waals surface area contributed by atoms with Crippen LogP contribution in [0.3, 0.4) is 0 Å². The molecule has 0 saturated carbocycles. The molecule has 0 aromatic heterocycles. The first-order valence-electron chi connectivity index (χ1n) is 6.22. The molecule has 1 aromatic carbocycles. The summed E-state index contributed by atoms with van der Waals surface area (Å²) in [5, 5.41) is 0. The molecule has 1 heterocycles. The lowest BCUT2D eigenvalue weighted by molar-refractivity contribution is -0.150. The lowest BCUT2D eigenvalue weighted by atomic mass is 9.92. The first-order chi connectivity index (χ1) is 9.04. The molecule has 0 radical (unpaired) electrons. The number of likely N-dealkylation sites (tertiary alicyclic amines) is 1. The number of likely N-dealkylation sites (N-methyl/N-ethyl adjacent to an activating group) is 1. The van der Waals surface area contributed by atoms with Crippen LogP contribution >= 0.6 is 22.6 Å². The van der Waals surface area contributed by atoms with E-state index in [2.05, 4.69) is 22.6 Å². The minimum atomic E-state index is -0.507. The van der Waals surface area contributed by atoms with E-state index in [4.69, 9.17) is 4.74 Å². The number of nitrogens with zero attached hydrogens (tertiary/aromatic N) is 1. The standard InChI is InChI=1S/C14H16INO3/c1-3-19-14(18)13-11(8-12(17)16(13)2)9-4-6-10(15)7-5-9/h4-7,11,13H,3,8H2,1-2H3/t11-,13-/m1/s1. The molecule has 1 amide bonds. The number of amides is 1. The van der Waals surface area contributed by atoms with Crippen LogP contribution in [0.5, 0.6) is 0 Å². The molecule has 1 fully saturated rings. The topological polar surface area (TPSA) is 46.6 Å². The Morgan fingerprint density at radius 2 is 2.05 bits per heavy atom. The van der Waals surface area contributed by atoms with Gasteiger partial charge in [-0.05, 0) is 47.2 Å². The molecule has 1 aromatic rings. The average molecular weight is 373 g/mol. The Balaban J connectivity index is 2.29. The molecule has 1 saturated heterocycles. The van der Waals surface area contributed by atoms with Gasteiger partial charge < -0.3 is 9.64 Å². The van der Waals surface area contributed by atoms with Gasteiger partial charge in [-0.3, -0.25) is 4.79 Å². The Morgan fingerprint density at radius 3 is 2.63 bits per heavy atom. The average Bonchev–Trinajstić information content (AvgIpc) is 2.67. The van der Waals surface area contributed by atoms with Crippen LogP contribution in [0.4, 0.5) is 0 Å². The second-order valence-corrected chi connectivity index (χ2v) is 5.81. The first-order valence-corrected chi connectivity index (χ1v) is 7.30. The molecule has 0 N–H and O–H groups in total. The van der Waals surface area contributed by atoms with Crippen LogP contribution in [0.2, 0.25) is 0 Å². The van der Waals surface area contributed by atoms with E-state index in [1.807, 2.05) is 24.3 Å². The van der Waals surface area contributed by atoms with E-state index < -0.39 is 6.04 Å². The number of rotatable bonds is 3. The number of carbonyl (C=O) groups excluding carboxylic acids is 2. The van der Waals surface area contributed by atoms with E-state index >= 15 is 0 Å². The van der Waals surface area contributed by atoms with Crippen LogP contribution < -0.4 is 0 Å². The van der Waals surface area contributed by atoms with Crippen molar-refractivity contribution < 1.29 is 14.3 Å². The zero-order chi connectivity index (χ0) is 14.0. The summed E-state index contributed by atoms with van der Waals surface area (Å²) in [5.74, 6) is -0.449. The number of hydrogen-bond donors (Lipinski definition) is 0. The molecule has 0 spiro atoms. The number of esters is 1. The Bertz CT molecular complexity index is 486. The molecule has 102 valence electrons. The van der Waals surface area contributed by atoms with Gasteiger partial charge in [0, 0.05) is 23.0 Å². The normalized spacial score (nSPS) is 22.7. The van der Waals surface area contributed by atoms with Crippen molar-refractivity contribution in [3.8, 4) is 0 Å². The molecular formula is C14H16INO3. The summed E-state index contributed by atoms with van der Waals surface area (Å²) < 4.78 is 6.22. The fraction of sp³-hybridized carbons (Fsp3) is 0.429. The molecular weight excluding hydrogens is 357 g/mol. The summed E-state index contributed by atoms with van der Waals surface area (Å²) >= 11 is 2.23. The third kappa shape index (κ3) is 2.91. The number of carbonyl (C=O) groups is 2. The number of ether oxygens (including phenoxy) is 1. The Labute approximate surface area is 126 Å².